The Balaban J connectivity index is 1.85. The van der Waals surface area contributed by atoms with E-state index in [4.69, 9.17) is 0 Å². The van der Waals surface area contributed by atoms with Gasteiger partial charge in [-0.15, -0.1) is 0 Å². The highest BCUT2D eigenvalue weighted by Crippen LogP contribution is 2.23. The molecule has 0 bridgehead atoms. The molecule has 0 spiro atoms. The minimum atomic E-state index is 0.575. The fourth-order valence-electron chi connectivity index (χ4n) is 2.61. The van der Waals surface area contributed by atoms with Crippen molar-refractivity contribution in [2.24, 2.45) is 0 Å². The second-order valence-electron chi connectivity index (χ2n) is 4.90. The number of nitrogens with zero attached hydrogens (tertiary/aromatic N) is 1. The number of benzene rings is 1. The Kier molecular flexibility index (Phi) is 3.42. The molecule has 2 N–H and O–H groups in total. The van der Waals surface area contributed by atoms with Gasteiger partial charge in [-0.25, -0.2) is 0 Å². The van der Waals surface area contributed by atoms with Gasteiger partial charge >= 0.3 is 0 Å². The maximum atomic E-state index is 4.40. The van der Waals surface area contributed by atoms with Gasteiger partial charge in [0.15, 0.2) is 0 Å². The summed E-state index contributed by atoms with van der Waals surface area (Å²) >= 11 is 0. The molecule has 1 aliphatic heterocycles. The van der Waals surface area contributed by atoms with Crippen LogP contribution in [0.25, 0.3) is 10.9 Å². The monoisotopic (exact) mass is 241 g/mol. The zero-order valence-corrected chi connectivity index (χ0v) is 10.5. The van der Waals surface area contributed by atoms with E-state index in [0.717, 1.165) is 18.6 Å². The molecule has 1 aromatic carbocycles. The van der Waals surface area contributed by atoms with E-state index in [1.54, 1.807) is 0 Å². The van der Waals surface area contributed by atoms with Crippen molar-refractivity contribution in [1.82, 2.24) is 10.3 Å². The van der Waals surface area contributed by atoms with Crippen LogP contribution in [0.1, 0.15) is 19.3 Å². The van der Waals surface area contributed by atoms with Gasteiger partial charge in [-0.3, -0.25) is 4.98 Å². The Bertz CT molecular complexity index is 511. The van der Waals surface area contributed by atoms with Gasteiger partial charge in [0.2, 0.25) is 0 Å². The quantitative estimate of drug-likeness (QED) is 0.849. The van der Waals surface area contributed by atoms with Gasteiger partial charge in [-0.05, 0) is 56.6 Å². The van der Waals surface area contributed by atoms with Crippen molar-refractivity contribution in [3.05, 3.63) is 36.5 Å². The van der Waals surface area contributed by atoms with E-state index in [1.807, 2.05) is 12.3 Å². The first-order chi connectivity index (χ1) is 8.93. The van der Waals surface area contributed by atoms with Gasteiger partial charge in [0.05, 0.1) is 5.52 Å². The second-order valence-corrected chi connectivity index (χ2v) is 4.90. The molecule has 0 radical (unpaired) electrons. The molecule has 2 heterocycles. The normalized spacial score (nSPS) is 20.6. The molecule has 2 aromatic rings. The first-order valence-corrected chi connectivity index (χ1v) is 6.74. The third-order valence-corrected chi connectivity index (χ3v) is 3.58. The predicted molar refractivity (Wildman–Crippen MR) is 75.9 cm³/mol. The van der Waals surface area contributed by atoms with E-state index in [2.05, 4.69) is 39.9 Å². The Morgan fingerprint density at radius 3 is 3.11 bits per heavy atom. The molecule has 3 rings (SSSR count). The average molecular weight is 241 g/mol. The van der Waals surface area contributed by atoms with Crippen LogP contribution in [0.2, 0.25) is 0 Å². The lowest BCUT2D eigenvalue weighted by Crippen LogP contribution is -2.21. The van der Waals surface area contributed by atoms with Crippen LogP contribution >= 0.6 is 0 Å². The van der Waals surface area contributed by atoms with Crippen molar-refractivity contribution in [2.75, 3.05) is 18.4 Å². The summed E-state index contributed by atoms with van der Waals surface area (Å²) in [5, 5.41) is 8.35. The number of fused-ring (bicyclic) bond motifs is 1. The van der Waals surface area contributed by atoms with Crippen molar-refractivity contribution in [1.29, 1.82) is 0 Å². The third-order valence-electron chi connectivity index (χ3n) is 3.58. The highest BCUT2D eigenvalue weighted by atomic mass is 14.9. The number of hydrogen-bond acceptors (Lipinski definition) is 3. The number of nitrogens with one attached hydrogen (secondary N) is 2. The summed E-state index contributed by atoms with van der Waals surface area (Å²) in [6.45, 7) is 2.26. The van der Waals surface area contributed by atoms with Gasteiger partial charge in [0, 0.05) is 23.3 Å². The highest BCUT2D eigenvalue weighted by Gasteiger charge is 2.12. The molecule has 94 valence electrons. The zero-order chi connectivity index (χ0) is 12.2. The second kappa shape index (κ2) is 5.36. The minimum Gasteiger partial charge on any atom is -0.382 e. The van der Waals surface area contributed by atoms with Crippen LogP contribution in [-0.2, 0) is 0 Å². The smallest absolute Gasteiger partial charge is 0.0722 e. The summed E-state index contributed by atoms with van der Waals surface area (Å²) in [5.74, 6) is 0. The van der Waals surface area contributed by atoms with E-state index >= 15 is 0 Å². The summed E-state index contributed by atoms with van der Waals surface area (Å²) in [4.78, 5) is 4.40. The molecule has 3 nitrogen and oxygen atoms in total. The van der Waals surface area contributed by atoms with E-state index in [-0.39, 0.29) is 0 Å². The lowest BCUT2D eigenvalue weighted by atomic mass is 10.1. The molecule has 1 unspecified atom stereocenters. The Hall–Kier alpha value is -1.61. The van der Waals surface area contributed by atoms with Crippen LogP contribution in [0.5, 0.6) is 0 Å². The third kappa shape index (κ3) is 2.46. The molecule has 1 fully saturated rings. The van der Waals surface area contributed by atoms with Gasteiger partial charge in [-0.1, -0.05) is 6.07 Å². The number of hydrogen-bond donors (Lipinski definition) is 2. The molecular weight excluding hydrogens is 222 g/mol. The van der Waals surface area contributed by atoms with Gasteiger partial charge < -0.3 is 10.6 Å². The topological polar surface area (TPSA) is 37.0 Å². The van der Waals surface area contributed by atoms with Crippen LogP contribution in [-0.4, -0.2) is 24.1 Å². The molecule has 3 heteroatoms. The van der Waals surface area contributed by atoms with Crippen molar-refractivity contribution >= 4 is 16.6 Å². The van der Waals surface area contributed by atoms with Crippen LogP contribution in [0.4, 0.5) is 5.69 Å². The summed E-state index contributed by atoms with van der Waals surface area (Å²) < 4.78 is 0. The minimum absolute atomic E-state index is 0.575. The summed E-state index contributed by atoms with van der Waals surface area (Å²) in [5.41, 5.74) is 2.28. The molecule has 0 aliphatic carbocycles. The van der Waals surface area contributed by atoms with Crippen molar-refractivity contribution < 1.29 is 0 Å². The summed E-state index contributed by atoms with van der Waals surface area (Å²) in [6.07, 6.45) is 5.53. The largest absolute Gasteiger partial charge is 0.382 e. The van der Waals surface area contributed by atoms with Crippen LogP contribution in [0.15, 0.2) is 36.5 Å². The lowest BCUT2D eigenvalue weighted by molar-refractivity contribution is 0.638. The molecular formula is C15H19N3. The van der Waals surface area contributed by atoms with Gasteiger partial charge in [0.1, 0.15) is 0 Å². The summed E-state index contributed by atoms with van der Waals surface area (Å²) in [6, 6.07) is 11.0. The fourth-order valence-corrected chi connectivity index (χ4v) is 2.61. The molecule has 1 aliphatic rings. The molecule has 18 heavy (non-hydrogen) atoms. The van der Waals surface area contributed by atoms with Crippen LogP contribution < -0.4 is 10.6 Å². The number of aromatic nitrogens is 1. The Labute approximate surface area is 108 Å². The maximum Gasteiger partial charge on any atom is 0.0722 e. The molecule has 0 amide bonds. The summed E-state index contributed by atoms with van der Waals surface area (Å²) in [7, 11) is 0. The van der Waals surface area contributed by atoms with Gasteiger partial charge in [-0.2, -0.15) is 0 Å². The van der Waals surface area contributed by atoms with E-state index in [9.17, 15) is 0 Å². The van der Waals surface area contributed by atoms with Crippen LogP contribution in [0, 0.1) is 0 Å². The zero-order valence-electron chi connectivity index (χ0n) is 10.5. The molecule has 1 atom stereocenters. The SMILES string of the molecule is c1cc(NC2CCCNCC2)c2cccnc2c1. The average Bonchev–Trinajstić information content (AvgIpc) is 2.68. The fraction of sp³-hybridized carbons (Fsp3) is 0.400. The molecule has 1 saturated heterocycles. The Morgan fingerprint density at radius 2 is 2.11 bits per heavy atom. The van der Waals surface area contributed by atoms with Crippen molar-refractivity contribution in [3.63, 3.8) is 0 Å². The maximum absolute atomic E-state index is 4.40. The molecule has 1 aromatic heterocycles. The van der Waals surface area contributed by atoms with Crippen LogP contribution in [0.3, 0.4) is 0 Å². The van der Waals surface area contributed by atoms with E-state index < -0.39 is 0 Å². The highest BCUT2D eigenvalue weighted by molar-refractivity contribution is 5.91. The number of anilines is 1. The van der Waals surface area contributed by atoms with E-state index in [0.29, 0.717) is 6.04 Å². The number of rotatable bonds is 2. The van der Waals surface area contributed by atoms with E-state index in [1.165, 1.54) is 30.3 Å². The predicted octanol–water partition coefficient (Wildman–Crippen LogP) is 2.79. The Morgan fingerprint density at radius 1 is 1.11 bits per heavy atom. The van der Waals surface area contributed by atoms with Crippen molar-refractivity contribution in [2.45, 2.75) is 25.3 Å². The standard InChI is InChI=1S/C15H19N3/c1-6-14-13(5-3-10-17-14)15(7-1)18-12-4-2-9-16-11-8-12/h1,3,5-7,10,12,16,18H,2,4,8-9,11H2. The molecule has 0 saturated carbocycles. The van der Waals surface area contributed by atoms with Gasteiger partial charge in [0.25, 0.3) is 0 Å². The lowest BCUT2D eigenvalue weighted by Gasteiger charge is -2.18. The first kappa shape index (κ1) is 11.5. The number of pyridine rings is 1. The van der Waals surface area contributed by atoms with Crippen molar-refractivity contribution in [3.8, 4) is 0 Å². The first-order valence-electron chi connectivity index (χ1n) is 6.74.